The highest BCUT2D eigenvalue weighted by Gasteiger charge is 2.34. The van der Waals surface area contributed by atoms with Crippen molar-refractivity contribution in [2.75, 3.05) is 17.1 Å². The van der Waals surface area contributed by atoms with Crippen LogP contribution in [0.25, 0.3) is 0 Å². The lowest BCUT2D eigenvalue weighted by Gasteiger charge is -2.33. The van der Waals surface area contributed by atoms with Crippen molar-refractivity contribution in [1.82, 2.24) is 5.32 Å². The number of ether oxygens (including phenoxy) is 1. The molecule has 6 nitrogen and oxygen atoms in total. The molecule has 0 bridgehead atoms. The molecule has 150 valence electrons. The number of carbonyl (C=O) groups is 1. The predicted octanol–water partition coefficient (Wildman–Crippen LogP) is 2.65. The standard InChI is InChI=1S/C21H26N2O4S/c1-4-15-10-11-16(5-2)17(12-15)13-22-21(24)20-14-23(28(3,25)26)18-8-6-7-9-19(18)27-20/h6-12,20H,4-5,13-14H2,1-3H3,(H,22,24)/t20-/m0/s1. The van der Waals surface area contributed by atoms with Gasteiger partial charge >= 0.3 is 0 Å². The van der Waals surface area contributed by atoms with Crippen molar-refractivity contribution in [3.63, 3.8) is 0 Å². The van der Waals surface area contributed by atoms with Crippen LogP contribution in [-0.4, -0.2) is 33.2 Å². The summed E-state index contributed by atoms with van der Waals surface area (Å²) in [7, 11) is -3.52. The van der Waals surface area contributed by atoms with Gasteiger partial charge in [-0.1, -0.05) is 44.2 Å². The van der Waals surface area contributed by atoms with Crippen molar-refractivity contribution in [3.05, 3.63) is 59.2 Å². The van der Waals surface area contributed by atoms with Gasteiger partial charge in [0.1, 0.15) is 5.75 Å². The molecule has 1 N–H and O–H groups in total. The van der Waals surface area contributed by atoms with E-state index >= 15 is 0 Å². The van der Waals surface area contributed by atoms with Crippen LogP contribution in [0.1, 0.15) is 30.5 Å². The second-order valence-corrected chi connectivity index (χ2v) is 8.80. The number of nitrogens with zero attached hydrogens (tertiary/aromatic N) is 1. The molecule has 2 aromatic carbocycles. The van der Waals surface area contributed by atoms with Crippen LogP contribution in [0.15, 0.2) is 42.5 Å². The van der Waals surface area contributed by atoms with Crippen LogP contribution < -0.4 is 14.4 Å². The van der Waals surface area contributed by atoms with E-state index in [-0.39, 0.29) is 12.5 Å². The first-order valence-electron chi connectivity index (χ1n) is 9.45. The summed E-state index contributed by atoms with van der Waals surface area (Å²) in [5.74, 6) is 0.0636. The topological polar surface area (TPSA) is 75.7 Å². The fourth-order valence-electron chi connectivity index (χ4n) is 3.36. The van der Waals surface area contributed by atoms with Gasteiger partial charge in [-0.3, -0.25) is 9.10 Å². The average molecular weight is 403 g/mol. The summed E-state index contributed by atoms with van der Waals surface area (Å²) in [6, 6.07) is 13.2. The maximum absolute atomic E-state index is 12.8. The van der Waals surface area contributed by atoms with Gasteiger partial charge in [-0.2, -0.15) is 0 Å². The first-order chi connectivity index (χ1) is 13.3. The van der Waals surface area contributed by atoms with E-state index in [4.69, 9.17) is 4.74 Å². The van der Waals surface area contributed by atoms with E-state index in [1.165, 1.54) is 15.4 Å². The number of hydrogen-bond acceptors (Lipinski definition) is 4. The monoisotopic (exact) mass is 402 g/mol. The molecule has 0 aliphatic carbocycles. The highest BCUT2D eigenvalue weighted by Crippen LogP contribution is 2.34. The number of anilines is 1. The molecule has 28 heavy (non-hydrogen) atoms. The van der Waals surface area contributed by atoms with E-state index in [0.717, 1.165) is 24.7 Å². The summed E-state index contributed by atoms with van der Waals surface area (Å²) >= 11 is 0. The first-order valence-corrected chi connectivity index (χ1v) is 11.3. The number of benzene rings is 2. The van der Waals surface area contributed by atoms with E-state index < -0.39 is 16.1 Å². The highest BCUT2D eigenvalue weighted by molar-refractivity contribution is 7.92. The molecular formula is C21H26N2O4S. The molecule has 1 atom stereocenters. The Morgan fingerprint density at radius 2 is 1.89 bits per heavy atom. The second kappa shape index (κ2) is 8.22. The number of carbonyl (C=O) groups excluding carboxylic acids is 1. The van der Waals surface area contributed by atoms with E-state index in [9.17, 15) is 13.2 Å². The van der Waals surface area contributed by atoms with Crippen molar-refractivity contribution in [2.45, 2.75) is 39.3 Å². The Balaban J connectivity index is 1.77. The molecule has 0 aromatic heterocycles. The number of para-hydroxylation sites is 2. The van der Waals surface area contributed by atoms with Gasteiger partial charge in [0.15, 0.2) is 6.10 Å². The Kier molecular flexibility index (Phi) is 5.93. The number of fused-ring (bicyclic) bond motifs is 1. The summed E-state index contributed by atoms with van der Waals surface area (Å²) in [5, 5.41) is 2.91. The van der Waals surface area contributed by atoms with Gasteiger partial charge in [0.05, 0.1) is 18.5 Å². The van der Waals surface area contributed by atoms with Gasteiger partial charge in [-0.05, 0) is 41.7 Å². The number of nitrogens with one attached hydrogen (secondary N) is 1. The van der Waals surface area contributed by atoms with Gasteiger partial charge < -0.3 is 10.1 Å². The molecule has 2 aromatic rings. The van der Waals surface area contributed by atoms with Gasteiger partial charge in [0.25, 0.3) is 5.91 Å². The maximum atomic E-state index is 12.8. The van der Waals surface area contributed by atoms with Crippen molar-refractivity contribution in [1.29, 1.82) is 0 Å². The smallest absolute Gasteiger partial charge is 0.263 e. The second-order valence-electron chi connectivity index (χ2n) is 6.90. The molecule has 0 saturated heterocycles. The Morgan fingerprint density at radius 1 is 1.14 bits per heavy atom. The number of rotatable bonds is 6. The average Bonchev–Trinajstić information content (AvgIpc) is 2.70. The first kappa shape index (κ1) is 20.2. The Labute approximate surface area is 166 Å². The van der Waals surface area contributed by atoms with Crippen LogP contribution in [0, 0.1) is 0 Å². The largest absolute Gasteiger partial charge is 0.476 e. The minimum Gasteiger partial charge on any atom is -0.476 e. The van der Waals surface area contributed by atoms with E-state index in [1.807, 2.05) is 0 Å². The number of amides is 1. The molecule has 0 fully saturated rings. The Bertz CT molecular complexity index is 972. The molecule has 0 saturated carbocycles. The zero-order chi connectivity index (χ0) is 20.3. The van der Waals surface area contributed by atoms with Crippen LogP contribution in [0.2, 0.25) is 0 Å². The minimum atomic E-state index is -3.52. The lowest BCUT2D eigenvalue weighted by Crippen LogP contribution is -2.50. The van der Waals surface area contributed by atoms with Crippen LogP contribution in [0.4, 0.5) is 5.69 Å². The Morgan fingerprint density at radius 3 is 2.57 bits per heavy atom. The molecule has 1 heterocycles. The number of hydrogen-bond donors (Lipinski definition) is 1. The van der Waals surface area contributed by atoms with Crippen LogP contribution in [-0.2, 0) is 34.2 Å². The van der Waals surface area contributed by atoms with Crippen molar-refractivity contribution < 1.29 is 17.9 Å². The lowest BCUT2D eigenvalue weighted by atomic mass is 10.0. The van der Waals surface area contributed by atoms with Gasteiger partial charge in [0, 0.05) is 6.54 Å². The summed E-state index contributed by atoms with van der Waals surface area (Å²) in [5.41, 5.74) is 3.93. The van der Waals surface area contributed by atoms with Gasteiger partial charge in [-0.25, -0.2) is 8.42 Å². The molecular weight excluding hydrogens is 376 g/mol. The third-order valence-electron chi connectivity index (χ3n) is 4.94. The molecule has 0 spiro atoms. The van der Waals surface area contributed by atoms with Crippen LogP contribution in [0.3, 0.4) is 0 Å². The normalized spacial score (nSPS) is 16.2. The molecule has 7 heteroatoms. The lowest BCUT2D eigenvalue weighted by molar-refractivity contribution is -0.127. The predicted molar refractivity (Wildman–Crippen MR) is 110 cm³/mol. The quantitative estimate of drug-likeness (QED) is 0.806. The van der Waals surface area contributed by atoms with E-state index in [2.05, 4.69) is 37.4 Å². The van der Waals surface area contributed by atoms with Crippen molar-refractivity contribution in [3.8, 4) is 5.75 Å². The fraction of sp³-hybridized carbons (Fsp3) is 0.381. The zero-order valence-electron chi connectivity index (χ0n) is 16.4. The highest BCUT2D eigenvalue weighted by atomic mass is 32.2. The van der Waals surface area contributed by atoms with Crippen LogP contribution in [0.5, 0.6) is 5.75 Å². The third kappa shape index (κ3) is 4.30. The Hall–Kier alpha value is -2.54. The minimum absolute atomic E-state index is 0.0443. The summed E-state index contributed by atoms with van der Waals surface area (Å²) < 4.78 is 31.4. The molecule has 3 rings (SSSR count). The SMILES string of the molecule is CCc1ccc(CC)c(CNC(=O)[C@@H]2CN(S(C)(=O)=O)c3ccccc3O2)c1. The van der Waals surface area contributed by atoms with E-state index in [0.29, 0.717) is 18.0 Å². The van der Waals surface area contributed by atoms with Gasteiger partial charge in [0.2, 0.25) is 10.0 Å². The van der Waals surface area contributed by atoms with Crippen LogP contribution >= 0.6 is 0 Å². The maximum Gasteiger partial charge on any atom is 0.263 e. The molecule has 0 unspecified atom stereocenters. The molecule has 1 aliphatic heterocycles. The summed E-state index contributed by atoms with van der Waals surface area (Å²) in [6.07, 6.45) is 2.04. The summed E-state index contributed by atoms with van der Waals surface area (Å²) in [4.78, 5) is 12.8. The van der Waals surface area contributed by atoms with Gasteiger partial charge in [-0.15, -0.1) is 0 Å². The fourth-order valence-corrected chi connectivity index (χ4v) is 4.27. The number of sulfonamides is 1. The van der Waals surface area contributed by atoms with E-state index in [1.54, 1.807) is 24.3 Å². The van der Waals surface area contributed by atoms with Crippen molar-refractivity contribution >= 4 is 21.6 Å². The molecule has 1 amide bonds. The number of aryl methyl sites for hydroxylation is 2. The summed E-state index contributed by atoms with van der Waals surface area (Å²) in [6.45, 7) is 4.52. The molecule has 0 radical (unpaired) electrons. The van der Waals surface area contributed by atoms with Crippen molar-refractivity contribution in [2.24, 2.45) is 0 Å². The zero-order valence-corrected chi connectivity index (χ0v) is 17.3. The molecule has 1 aliphatic rings. The third-order valence-corrected chi connectivity index (χ3v) is 6.09.